The van der Waals surface area contributed by atoms with Crippen LogP contribution in [-0.4, -0.2) is 26.6 Å². The Kier molecular flexibility index (Phi) is 7.39. The van der Waals surface area contributed by atoms with Gasteiger partial charge in [-0.25, -0.2) is 0 Å². The van der Waals surface area contributed by atoms with E-state index in [4.69, 9.17) is 11.6 Å². The van der Waals surface area contributed by atoms with Crippen LogP contribution in [0.3, 0.4) is 0 Å². The van der Waals surface area contributed by atoms with Crippen LogP contribution in [0.25, 0.3) is 0 Å². The van der Waals surface area contributed by atoms with Gasteiger partial charge in [-0.1, -0.05) is 65.8 Å². The molecule has 0 radical (unpaired) electrons. The predicted octanol–water partition coefficient (Wildman–Crippen LogP) is 6.05. The molecule has 33 heavy (non-hydrogen) atoms. The number of halogens is 1. The zero-order chi connectivity index (χ0) is 23.0. The fraction of sp³-hybridized carbons (Fsp3) is 0.0833. The summed E-state index contributed by atoms with van der Waals surface area (Å²) in [5, 5.41) is 10.2. The topological polar surface area (TPSA) is 91.8 Å². The van der Waals surface area contributed by atoms with E-state index in [0.717, 1.165) is 16.9 Å². The van der Waals surface area contributed by atoms with E-state index in [-0.39, 0.29) is 11.7 Å². The van der Waals surface area contributed by atoms with Crippen LogP contribution in [0.2, 0.25) is 5.02 Å². The molecule has 1 aromatic heterocycles. The summed E-state index contributed by atoms with van der Waals surface area (Å²) in [7, 11) is 0. The van der Waals surface area contributed by atoms with Gasteiger partial charge in [0.25, 0.3) is 0 Å². The molecule has 7 nitrogen and oxygen atoms in total. The van der Waals surface area contributed by atoms with E-state index >= 15 is 0 Å². The molecule has 0 saturated heterocycles. The van der Waals surface area contributed by atoms with Crippen LogP contribution in [0.1, 0.15) is 5.56 Å². The van der Waals surface area contributed by atoms with E-state index in [2.05, 4.69) is 30.9 Å². The quantitative estimate of drug-likeness (QED) is 0.266. The lowest BCUT2D eigenvalue weighted by molar-refractivity contribution is -0.113. The molecule has 0 aliphatic rings. The zero-order valence-corrected chi connectivity index (χ0v) is 19.3. The van der Waals surface area contributed by atoms with Crippen molar-refractivity contribution < 1.29 is 4.79 Å². The number of rotatable bonds is 8. The first kappa shape index (κ1) is 22.6. The smallest absolute Gasteiger partial charge is 0.234 e. The normalized spacial score (nSPS) is 10.5. The van der Waals surface area contributed by atoms with Crippen molar-refractivity contribution in [2.24, 2.45) is 0 Å². The first-order chi connectivity index (χ1) is 16.0. The molecule has 0 atom stereocenters. The van der Waals surface area contributed by atoms with Crippen LogP contribution in [0.15, 0.2) is 84.0 Å². The Bertz CT molecular complexity index is 1180. The van der Waals surface area contributed by atoms with Crippen LogP contribution in [0, 0.1) is 6.92 Å². The first-order valence-corrected chi connectivity index (χ1v) is 11.5. The predicted molar refractivity (Wildman–Crippen MR) is 135 cm³/mol. The molecule has 0 unspecified atom stereocenters. The van der Waals surface area contributed by atoms with Crippen LogP contribution in [0.4, 0.5) is 29.0 Å². The molecule has 0 fully saturated rings. The molecule has 3 N–H and O–H groups in total. The van der Waals surface area contributed by atoms with Crippen LogP contribution in [-0.2, 0) is 4.79 Å². The van der Waals surface area contributed by atoms with Crippen molar-refractivity contribution in [3.05, 3.63) is 89.4 Å². The lowest BCUT2D eigenvalue weighted by Gasteiger charge is -2.11. The Hall–Kier alpha value is -3.62. The molecule has 0 spiro atoms. The fourth-order valence-electron chi connectivity index (χ4n) is 2.88. The highest BCUT2D eigenvalue weighted by Crippen LogP contribution is 2.23. The summed E-state index contributed by atoms with van der Waals surface area (Å²) in [6, 6.07) is 24.6. The van der Waals surface area contributed by atoms with Gasteiger partial charge in [-0.05, 0) is 48.9 Å². The zero-order valence-electron chi connectivity index (χ0n) is 17.7. The number of hydrogen-bond acceptors (Lipinski definition) is 7. The minimum atomic E-state index is -0.180. The van der Waals surface area contributed by atoms with Crippen LogP contribution >= 0.6 is 23.4 Å². The van der Waals surface area contributed by atoms with Crippen molar-refractivity contribution in [2.75, 3.05) is 21.7 Å². The third-order valence-electron chi connectivity index (χ3n) is 4.48. The number of benzene rings is 3. The van der Waals surface area contributed by atoms with Gasteiger partial charge in [-0.3, -0.25) is 4.79 Å². The minimum absolute atomic E-state index is 0.130. The van der Waals surface area contributed by atoms with E-state index in [0.29, 0.717) is 27.8 Å². The van der Waals surface area contributed by atoms with Gasteiger partial charge in [0.1, 0.15) is 0 Å². The number of amides is 1. The van der Waals surface area contributed by atoms with Crippen molar-refractivity contribution >= 4 is 58.2 Å². The molecule has 0 saturated carbocycles. The molecule has 0 aliphatic carbocycles. The van der Waals surface area contributed by atoms with Crippen LogP contribution < -0.4 is 16.0 Å². The number of aromatic nitrogens is 3. The van der Waals surface area contributed by atoms with Gasteiger partial charge < -0.3 is 16.0 Å². The average molecular weight is 477 g/mol. The number of thioether (sulfide) groups is 1. The average Bonchev–Trinajstić information content (AvgIpc) is 2.81. The maximum absolute atomic E-state index is 12.5. The number of nitrogens with zero attached hydrogens (tertiary/aromatic N) is 3. The Balaban J connectivity index is 1.50. The summed E-state index contributed by atoms with van der Waals surface area (Å²) >= 11 is 7.26. The largest absolute Gasteiger partial charge is 0.325 e. The lowest BCUT2D eigenvalue weighted by Crippen LogP contribution is -2.15. The summed E-state index contributed by atoms with van der Waals surface area (Å²) in [5.74, 6) is 0.707. The number of carbonyl (C=O) groups is 1. The van der Waals surface area contributed by atoms with E-state index in [1.165, 1.54) is 11.8 Å². The minimum Gasteiger partial charge on any atom is -0.325 e. The maximum Gasteiger partial charge on any atom is 0.234 e. The van der Waals surface area contributed by atoms with Crippen molar-refractivity contribution in [2.45, 2.75) is 12.1 Å². The van der Waals surface area contributed by atoms with Crippen molar-refractivity contribution in [3.8, 4) is 0 Å². The molecule has 9 heteroatoms. The molecule has 0 bridgehead atoms. The Labute approximate surface area is 201 Å². The second kappa shape index (κ2) is 10.8. The van der Waals surface area contributed by atoms with Gasteiger partial charge in [0.2, 0.25) is 17.8 Å². The van der Waals surface area contributed by atoms with Crippen LogP contribution in [0.5, 0.6) is 0 Å². The van der Waals surface area contributed by atoms with Crippen molar-refractivity contribution in [1.29, 1.82) is 0 Å². The molecule has 4 rings (SSSR count). The number of aryl methyl sites for hydroxylation is 1. The Morgan fingerprint density at radius 1 is 0.848 bits per heavy atom. The molecule has 1 amide bonds. The third kappa shape index (κ3) is 6.68. The van der Waals surface area contributed by atoms with Gasteiger partial charge in [0, 0.05) is 22.1 Å². The number of anilines is 5. The highest BCUT2D eigenvalue weighted by Gasteiger charge is 2.12. The van der Waals surface area contributed by atoms with E-state index in [1.54, 1.807) is 12.1 Å². The summed E-state index contributed by atoms with van der Waals surface area (Å²) in [6.45, 7) is 1.91. The number of hydrogen-bond donors (Lipinski definition) is 3. The standard InChI is InChI=1S/C24H21ClN6OS/c1-16-12-13-17(25)14-20(16)28-21(32)15-33-24-30-22(26-18-8-4-2-5-9-18)29-23(31-24)27-19-10-6-3-7-11-19/h2-14H,15H2,1H3,(H,28,32)(H2,26,27,29,30,31). The number of nitrogens with one attached hydrogen (secondary N) is 3. The first-order valence-electron chi connectivity index (χ1n) is 10.1. The fourth-order valence-corrected chi connectivity index (χ4v) is 3.69. The lowest BCUT2D eigenvalue weighted by atomic mass is 10.2. The maximum atomic E-state index is 12.5. The van der Waals surface area contributed by atoms with Gasteiger partial charge in [-0.15, -0.1) is 0 Å². The second-order valence-corrected chi connectivity index (χ2v) is 8.42. The van der Waals surface area contributed by atoms with Crippen molar-refractivity contribution in [1.82, 2.24) is 15.0 Å². The molecular weight excluding hydrogens is 456 g/mol. The van der Waals surface area contributed by atoms with Crippen molar-refractivity contribution in [3.63, 3.8) is 0 Å². The SMILES string of the molecule is Cc1ccc(Cl)cc1NC(=O)CSc1nc(Nc2ccccc2)nc(Nc2ccccc2)n1. The molecule has 3 aromatic carbocycles. The molecule has 166 valence electrons. The Morgan fingerprint density at radius 3 is 2.00 bits per heavy atom. The van der Waals surface area contributed by atoms with Gasteiger partial charge in [0.15, 0.2) is 5.16 Å². The summed E-state index contributed by atoms with van der Waals surface area (Å²) in [4.78, 5) is 25.9. The highest BCUT2D eigenvalue weighted by atomic mass is 35.5. The molecule has 0 aliphatic heterocycles. The third-order valence-corrected chi connectivity index (χ3v) is 5.56. The highest BCUT2D eigenvalue weighted by molar-refractivity contribution is 7.99. The van der Waals surface area contributed by atoms with E-state index in [9.17, 15) is 4.79 Å². The monoisotopic (exact) mass is 476 g/mol. The number of carbonyl (C=O) groups excluding carboxylic acids is 1. The van der Waals surface area contributed by atoms with Gasteiger partial charge in [0.05, 0.1) is 5.75 Å². The summed E-state index contributed by atoms with van der Waals surface area (Å²) < 4.78 is 0. The number of para-hydroxylation sites is 2. The second-order valence-electron chi connectivity index (χ2n) is 7.04. The molecule has 4 aromatic rings. The van der Waals surface area contributed by atoms with E-state index in [1.807, 2.05) is 73.7 Å². The van der Waals surface area contributed by atoms with E-state index < -0.39 is 0 Å². The van der Waals surface area contributed by atoms with Gasteiger partial charge in [-0.2, -0.15) is 15.0 Å². The van der Waals surface area contributed by atoms with Gasteiger partial charge >= 0.3 is 0 Å². The molecule has 1 heterocycles. The summed E-state index contributed by atoms with van der Waals surface area (Å²) in [5.41, 5.74) is 3.31. The summed E-state index contributed by atoms with van der Waals surface area (Å²) in [6.07, 6.45) is 0. The Morgan fingerprint density at radius 2 is 1.42 bits per heavy atom. The molecular formula is C24H21ClN6OS.